The molecule has 2 saturated heterocycles. The van der Waals surface area contributed by atoms with Gasteiger partial charge in [0.25, 0.3) is 0 Å². The number of H-pyrrole nitrogens is 1. The zero-order valence-corrected chi connectivity index (χ0v) is 11.3. The van der Waals surface area contributed by atoms with Crippen molar-refractivity contribution >= 4 is 22.9 Å². The second kappa shape index (κ2) is 4.59. The van der Waals surface area contributed by atoms with Crippen LogP contribution in [0.1, 0.15) is 25.7 Å². The van der Waals surface area contributed by atoms with Crippen LogP contribution in [-0.4, -0.2) is 50.0 Å². The highest BCUT2D eigenvalue weighted by molar-refractivity contribution is 5.83. The molecule has 2 aliphatic heterocycles. The molecule has 0 aliphatic carbocycles. The van der Waals surface area contributed by atoms with Gasteiger partial charge in [-0.05, 0) is 25.8 Å². The molecular weight excluding hydrogens is 254 g/mol. The van der Waals surface area contributed by atoms with E-state index in [0.717, 1.165) is 17.8 Å². The average molecular weight is 273 g/mol. The number of fused-ring (bicyclic) bond motifs is 2. The van der Waals surface area contributed by atoms with Gasteiger partial charge in [-0.15, -0.1) is 0 Å². The normalized spacial score (nSPS) is 26.8. The lowest BCUT2D eigenvalue weighted by molar-refractivity contribution is 0.192. The Kier molecular flexibility index (Phi) is 2.73. The number of nitrogens with one attached hydrogen (secondary N) is 2. The summed E-state index contributed by atoms with van der Waals surface area (Å²) >= 11 is 0. The lowest BCUT2D eigenvalue weighted by atomic mass is 9.99. The van der Waals surface area contributed by atoms with Crippen LogP contribution in [0.3, 0.4) is 0 Å². The van der Waals surface area contributed by atoms with Crippen LogP contribution in [0.2, 0.25) is 0 Å². The summed E-state index contributed by atoms with van der Waals surface area (Å²) in [6.07, 6.45) is 6.71. The summed E-state index contributed by atoms with van der Waals surface area (Å²) in [7, 11) is 0. The number of imidazole rings is 1. The monoisotopic (exact) mass is 273 g/mol. The van der Waals surface area contributed by atoms with Crippen molar-refractivity contribution in [1.29, 1.82) is 0 Å². The highest BCUT2D eigenvalue weighted by Gasteiger charge is 2.35. The van der Waals surface area contributed by atoms with E-state index in [2.05, 4.69) is 30.2 Å². The van der Waals surface area contributed by atoms with Crippen molar-refractivity contribution in [3.63, 3.8) is 0 Å². The van der Waals surface area contributed by atoms with Gasteiger partial charge in [0.2, 0.25) is 5.95 Å². The molecule has 2 fully saturated rings. The predicted octanol–water partition coefficient (Wildman–Crippen LogP) is 0.974. The molecule has 0 spiro atoms. The van der Waals surface area contributed by atoms with Crippen molar-refractivity contribution in [2.75, 3.05) is 24.1 Å². The van der Waals surface area contributed by atoms with E-state index in [0.29, 0.717) is 17.7 Å². The van der Waals surface area contributed by atoms with Gasteiger partial charge in [-0.25, -0.2) is 4.98 Å². The van der Waals surface area contributed by atoms with Gasteiger partial charge in [0, 0.05) is 18.6 Å². The number of hydrogen-bond donors (Lipinski definition) is 3. The summed E-state index contributed by atoms with van der Waals surface area (Å²) in [5.41, 5.74) is 7.23. The Morgan fingerprint density at radius 1 is 1.25 bits per heavy atom. The maximum absolute atomic E-state index is 5.76. The van der Waals surface area contributed by atoms with E-state index < -0.39 is 0 Å². The number of piperidine rings is 1. The first kappa shape index (κ1) is 11.9. The van der Waals surface area contributed by atoms with Crippen molar-refractivity contribution in [2.45, 2.75) is 37.8 Å². The second-order valence-corrected chi connectivity index (χ2v) is 5.67. The van der Waals surface area contributed by atoms with Gasteiger partial charge in [0.15, 0.2) is 11.5 Å². The molecule has 20 heavy (non-hydrogen) atoms. The Balaban J connectivity index is 1.62. The summed E-state index contributed by atoms with van der Waals surface area (Å²) in [6, 6.07) is 1.06. The van der Waals surface area contributed by atoms with Gasteiger partial charge >= 0.3 is 0 Å². The minimum Gasteiger partial charge on any atom is -0.368 e. The fourth-order valence-electron chi connectivity index (χ4n) is 3.55. The zero-order valence-electron chi connectivity index (χ0n) is 11.3. The maximum Gasteiger partial charge on any atom is 0.224 e. The standard InChI is InChI=1S/C13H19N7/c14-13-18-11-10(15-7-16-11)12(19-13)17-8-4-6-20-5-2-1-3-9(8)20/h7-9H,1-6H2,(H4,14,15,16,17,18,19). The Labute approximate surface area is 117 Å². The Morgan fingerprint density at radius 2 is 2.20 bits per heavy atom. The molecule has 0 aromatic carbocycles. The van der Waals surface area contributed by atoms with Crippen LogP contribution in [0.4, 0.5) is 11.8 Å². The molecule has 0 saturated carbocycles. The topological polar surface area (TPSA) is 95.8 Å². The Morgan fingerprint density at radius 3 is 3.15 bits per heavy atom. The quantitative estimate of drug-likeness (QED) is 0.754. The SMILES string of the molecule is Nc1nc(NC2CCN3CCCCC23)c2[nH]cnc2n1. The van der Waals surface area contributed by atoms with Crippen molar-refractivity contribution in [3.8, 4) is 0 Å². The van der Waals surface area contributed by atoms with Crippen LogP contribution in [0.25, 0.3) is 11.2 Å². The molecule has 2 aromatic heterocycles. The summed E-state index contributed by atoms with van der Waals surface area (Å²) in [6.45, 7) is 2.41. The average Bonchev–Trinajstić information content (AvgIpc) is 3.06. The van der Waals surface area contributed by atoms with Gasteiger partial charge in [0.1, 0.15) is 5.52 Å². The highest BCUT2D eigenvalue weighted by atomic mass is 15.2. The summed E-state index contributed by atoms with van der Waals surface area (Å²) < 4.78 is 0. The molecule has 7 heteroatoms. The van der Waals surface area contributed by atoms with Gasteiger partial charge in [-0.1, -0.05) is 6.42 Å². The minimum absolute atomic E-state index is 0.269. The number of nitrogen functional groups attached to an aromatic ring is 1. The molecular formula is C13H19N7. The van der Waals surface area contributed by atoms with Gasteiger partial charge < -0.3 is 16.0 Å². The molecule has 106 valence electrons. The largest absolute Gasteiger partial charge is 0.368 e. The second-order valence-electron chi connectivity index (χ2n) is 5.67. The number of nitrogens with zero attached hydrogens (tertiary/aromatic N) is 4. The minimum atomic E-state index is 0.269. The fourth-order valence-corrected chi connectivity index (χ4v) is 3.55. The van der Waals surface area contributed by atoms with Crippen LogP contribution in [-0.2, 0) is 0 Å². The van der Waals surface area contributed by atoms with E-state index in [1.807, 2.05) is 0 Å². The van der Waals surface area contributed by atoms with Crippen molar-refractivity contribution in [2.24, 2.45) is 0 Å². The Bertz CT molecular complexity index is 622. The molecule has 4 N–H and O–H groups in total. The van der Waals surface area contributed by atoms with Crippen molar-refractivity contribution < 1.29 is 0 Å². The molecule has 2 unspecified atom stereocenters. The summed E-state index contributed by atoms with van der Waals surface area (Å²) in [5, 5.41) is 3.57. The number of aromatic nitrogens is 4. The lowest BCUT2D eigenvalue weighted by Gasteiger charge is -2.32. The Hall–Kier alpha value is -1.89. The van der Waals surface area contributed by atoms with E-state index in [1.54, 1.807) is 6.33 Å². The first-order chi connectivity index (χ1) is 9.81. The molecule has 2 aromatic rings. The third kappa shape index (κ3) is 1.89. The van der Waals surface area contributed by atoms with E-state index in [4.69, 9.17) is 5.73 Å². The third-order valence-electron chi connectivity index (χ3n) is 4.48. The molecule has 4 heterocycles. The fraction of sp³-hybridized carbons (Fsp3) is 0.615. The van der Waals surface area contributed by atoms with Crippen molar-refractivity contribution in [3.05, 3.63) is 6.33 Å². The number of aromatic amines is 1. The van der Waals surface area contributed by atoms with Crippen molar-refractivity contribution in [1.82, 2.24) is 24.8 Å². The van der Waals surface area contributed by atoms with Crippen LogP contribution >= 0.6 is 0 Å². The molecule has 0 bridgehead atoms. The van der Waals surface area contributed by atoms with Gasteiger partial charge in [-0.3, -0.25) is 4.90 Å². The molecule has 4 rings (SSSR count). The zero-order chi connectivity index (χ0) is 13.5. The molecule has 2 aliphatic rings. The number of rotatable bonds is 2. The smallest absolute Gasteiger partial charge is 0.224 e. The molecule has 7 nitrogen and oxygen atoms in total. The first-order valence-electron chi connectivity index (χ1n) is 7.28. The number of nitrogens with two attached hydrogens (primary N) is 1. The van der Waals surface area contributed by atoms with Crippen LogP contribution in [0, 0.1) is 0 Å². The number of hydrogen-bond acceptors (Lipinski definition) is 6. The van der Waals surface area contributed by atoms with E-state index >= 15 is 0 Å². The van der Waals surface area contributed by atoms with Crippen LogP contribution < -0.4 is 11.1 Å². The van der Waals surface area contributed by atoms with E-state index in [-0.39, 0.29) is 5.95 Å². The number of anilines is 2. The lowest BCUT2D eigenvalue weighted by Crippen LogP contribution is -2.41. The van der Waals surface area contributed by atoms with Crippen LogP contribution in [0.5, 0.6) is 0 Å². The van der Waals surface area contributed by atoms with E-state index in [1.165, 1.54) is 32.4 Å². The van der Waals surface area contributed by atoms with Gasteiger partial charge in [-0.2, -0.15) is 9.97 Å². The molecule has 2 atom stereocenters. The summed E-state index contributed by atoms with van der Waals surface area (Å²) in [5.74, 6) is 1.05. The maximum atomic E-state index is 5.76. The predicted molar refractivity (Wildman–Crippen MR) is 77.3 cm³/mol. The highest BCUT2D eigenvalue weighted by Crippen LogP contribution is 2.30. The third-order valence-corrected chi connectivity index (χ3v) is 4.48. The van der Waals surface area contributed by atoms with Crippen LogP contribution in [0.15, 0.2) is 6.33 Å². The van der Waals surface area contributed by atoms with Gasteiger partial charge in [0.05, 0.1) is 6.33 Å². The first-order valence-corrected chi connectivity index (χ1v) is 7.28. The molecule has 0 radical (unpaired) electrons. The summed E-state index contributed by atoms with van der Waals surface area (Å²) in [4.78, 5) is 18.3. The van der Waals surface area contributed by atoms with E-state index in [9.17, 15) is 0 Å². The molecule has 0 amide bonds.